The van der Waals surface area contributed by atoms with Gasteiger partial charge in [-0.15, -0.1) is 0 Å². The van der Waals surface area contributed by atoms with Crippen LogP contribution < -0.4 is 21.8 Å². The van der Waals surface area contributed by atoms with Gasteiger partial charge < -0.3 is 49.9 Å². The molecule has 1 aromatic carbocycles. The number of phenolic OH excluding ortho intramolecular Hbond substituents is 1. The minimum absolute atomic E-state index is 0.00333. The summed E-state index contributed by atoms with van der Waals surface area (Å²) in [5.41, 5.74) is 1.58. The van der Waals surface area contributed by atoms with Crippen molar-refractivity contribution in [1.82, 2.24) is 9.80 Å². The Morgan fingerprint density at radius 2 is 1.77 bits per heavy atom. The number of benzene rings is 1. The van der Waals surface area contributed by atoms with Crippen molar-refractivity contribution in [2.75, 3.05) is 51.5 Å². The number of likely N-dealkylation sites (N-methyl/N-ethyl adjacent to an activating group) is 1. The molecule has 0 radical (unpaired) electrons. The third kappa shape index (κ3) is 6.17. The smallest absolute Gasteiger partial charge is 0.510 e. The zero-order valence-electron chi connectivity index (χ0n) is 29.4. The molecule has 3 aliphatic carbocycles. The van der Waals surface area contributed by atoms with Gasteiger partial charge in [0.1, 0.15) is 23.6 Å². The molecule has 4 atom stereocenters. The van der Waals surface area contributed by atoms with Gasteiger partial charge in [0.25, 0.3) is 5.91 Å². The third-order valence-electron chi connectivity index (χ3n) is 9.70. The second-order valence-electron chi connectivity index (χ2n) is 13.5. The quantitative estimate of drug-likeness (QED) is 0.147. The van der Waals surface area contributed by atoms with Gasteiger partial charge in [0, 0.05) is 37.8 Å². The molecule has 280 valence electrons. The number of nitrogens with two attached hydrogens (primary N) is 1. The van der Waals surface area contributed by atoms with Crippen molar-refractivity contribution in [3.63, 3.8) is 0 Å². The number of ketones is 2. The first-order valence-electron chi connectivity index (χ1n) is 16.4. The lowest BCUT2D eigenvalue weighted by Crippen LogP contribution is -2.63. The van der Waals surface area contributed by atoms with Gasteiger partial charge in [0.2, 0.25) is 11.7 Å². The average Bonchev–Trinajstić information content (AvgIpc) is 3.38. The summed E-state index contributed by atoms with van der Waals surface area (Å²) in [6.07, 6.45) is -0.520. The van der Waals surface area contributed by atoms with Gasteiger partial charge >= 0.3 is 11.9 Å². The summed E-state index contributed by atoms with van der Waals surface area (Å²) in [6.45, 7) is 2.34. The molecule has 3 aliphatic rings. The van der Waals surface area contributed by atoms with Crippen LogP contribution in [0.3, 0.4) is 0 Å². The van der Waals surface area contributed by atoms with Crippen LogP contribution in [0.2, 0.25) is 0 Å². The van der Waals surface area contributed by atoms with Crippen molar-refractivity contribution in [3.05, 3.63) is 62.0 Å². The summed E-state index contributed by atoms with van der Waals surface area (Å²) in [6, 6.07) is 0.310. The molecular formula is C34H41N5O13. The number of aromatic hydroxyl groups is 1. The third-order valence-corrected chi connectivity index (χ3v) is 9.70. The molecule has 52 heavy (non-hydrogen) atoms. The molecule has 2 unspecified atom stereocenters. The minimum atomic E-state index is -2.81. The van der Waals surface area contributed by atoms with Crippen LogP contribution in [0.15, 0.2) is 42.4 Å². The molecular weight excluding hydrogens is 686 g/mol. The van der Waals surface area contributed by atoms with Gasteiger partial charge in [-0.2, -0.15) is 0 Å². The Morgan fingerprint density at radius 1 is 1.10 bits per heavy atom. The maximum atomic E-state index is 14.3. The Morgan fingerprint density at radius 3 is 2.33 bits per heavy atom. The van der Waals surface area contributed by atoms with Crippen LogP contribution in [0.4, 0.5) is 16.2 Å². The number of anilines is 2. The van der Waals surface area contributed by atoms with E-state index in [1.54, 1.807) is 40.0 Å². The fourth-order valence-electron chi connectivity index (χ4n) is 7.39. The highest BCUT2D eigenvalue weighted by Gasteiger charge is 2.63. The van der Waals surface area contributed by atoms with Crippen LogP contribution >= 0.6 is 0 Å². The number of Topliss-reactive ketones (excluding diaryl/α,β-unsaturated/α-hetero) is 2. The number of carbonyl (C=O) groups excluding carboxylic acids is 5. The molecule has 3 amide bonds. The van der Waals surface area contributed by atoms with Crippen molar-refractivity contribution in [3.8, 4) is 5.75 Å². The van der Waals surface area contributed by atoms with E-state index in [0.29, 0.717) is 17.7 Å². The van der Waals surface area contributed by atoms with Crippen LogP contribution in [-0.2, 0) is 32.1 Å². The van der Waals surface area contributed by atoms with Crippen LogP contribution in [0, 0.1) is 18.8 Å². The summed E-state index contributed by atoms with van der Waals surface area (Å²) >= 11 is 0. The number of allylic oxidation sites excluding steroid dienone is 1. The fraction of sp³-hybridized carbons (Fsp3) is 0.471. The lowest BCUT2D eigenvalue weighted by molar-refractivity contribution is -0.148. The molecule has 1 heterocycles. The number of fused-ring (bicyclic) bond motifs is 3. The van der Waals surface area contributed by atoms with Gasteiger partial charge in [-0.1, -0.05) is 6.92 Å². The molecule has 2 aromatic rings. The number of nitrogens with one attached hydrogen (secondary N) is 1. The molecule has 0 spiro atoms. The number of rotatable bonds is 10. The lowest BCUT2D eigenvalue weighted by Gasteiger charge is -2.50. The summed E-state index contributed by atoms with van der Waals surface area (Å²) in [7, 11) is 6.42. The molecule has 0 aliphatic heterocycles. The molecule has 0 saturated carbocycles. The van der Waals surface area contributed by atoms with E-state index >= 15 is 0 Å². The predicted molar refractivity (Wildman–Crippen MR) is 181 cm³/mol. The number of nitrogens with zero attached hydrogens (tertiary/aromatic N) is 3. The van der Waals surface area contributed by atoms with Gasteiger partial charge in [-0.05, 0) is 57.8 Å². The Hall–Kier alpha value is -5.62. The Labute approximate surface area is 296 Å². The van der Waals surface area contributed by atoms with Crippen LogP contribution in [0.25, 0.3) is 0 Å². The molecule has 1 aromatic heterocycles. The first-order valence-corrected chi connectivity index (χ1v) is 16.4. The van der Waals surface area contributed by atoms with E-state index in [1.807, 2.05) is 0 Å². The van der Waals surface area contributed by atoms with Crippen molar-refractivity contribution in [2.24, 2.45) is 17.6 Å². The molecule has 18 nitrogen and oxygen atoms in total. The van der Waals surface area contributed by atoms with Crippen LogP contribution in [-0.4, -0.2) is 113 Å². The highest BCUT2D eigenvalue weighted by molar-refractivity contribution is 6.25. The number of phenols is 1. The topological polar surface area (TPSA) is 267 Å². The maximum absolute atomic E-state index is 14.3. The Balaban J connectivity index is 1.49. The van der Waals surface area contributed by atoms with E-state index in [-0.39, 0.29) is 47.7 Å². The highest BCUT2D eigenvalue weighted by atomic mass is 16.6. The number of amides is 3. The second kappa shape index (κ2) is 13.8. The highest BCUT2D eigenvalue weighted by Crippen LogP contribution is 2.54. The number of ether oxygens (including phenoxy) is 1. The maximum Gasteiger partial charge on any atom is 0.519 e. The predicted octanol–water partition coefficient (Wildman–Crippen LogP) is 1.03. The minimum Gasteiger partial charge on any atom is -0.510 e. The zero-order valence-corrected chi connectivity index (χ0v) is 29.4. The summed E-state index contributed by atoms with van der Waals surface area (Å²) in [4.78, 5) is 81.8. The van der Waals surface area contributed by atoms with E-state index < -0.39 is 94.8 Å². The first kappa shape index (κ1) is 37.6. The largest absolute Gasteiger partial charge is 0.519 e. The first-order chi connectivity index (χ1) is 24.3. The SMILES string of the molecule is CCCN(CC(=O)Nc1cc(N(C)C)c2c(c1O)C(=O)C1=C(O)[C@@]3(O)C(=O)C(C(N)=O)=C(O)[C@@H](N(C)C)C3CC1C2)C(=O)OCc1oc(=O)oc1C. The fourth-order valence-corrected chi connectivity index (χ4v) is 7.39. The van der Waals surface area contributed by atoms with E-state index in [2.05, 4.69) is 5.32 Å². The number of aliphatic hydroxyl groups excluding tert-OH is 2. The van der Waals surface area contributed by atoms with E-state index in [4.69, 9.17) is 19.3 Å². The number of primary amides is 1. The van der Waals surface area contributed by atoms with E-state index in [1.165, 1.54) is 17.9 Å². The van der Waals surface area contributed by atoms with Crippen LogP contribution in [0.1, 0.15) is 47.2 Å². The number of carbonyl (C=O) groups is 5. The van der Waals surface area contributed by atoms with Crippen molar-refractivity contribution in [2.45, 2.75) is 51.4 Å². The summed E-state index contributed by atoms with van der Waals surface area (Å²) in [5, 5.41) is 48.5. The normalized spacial score (nSPS) is 22.5. The summed E-state index contributed by atoms with van der Waals surface area (Å²) in [5.74, 6) is -9.58. The summed E-state index contributed by atoms with van der Waals surface area (Å²) < 4.78 is 14.8. The van der Waals surface area contributed by atoms with Gasteiger partial charge in [-0.25, -0.2) is 9.59 Å². The second-order valence-corrected chi connectivity index (χ2v) is 13.5. The van der Waals surface area contributed by atoms with Gasteiger partial charge in [0.15, 0.2) is 35.3 Å². The van der Waals surface area contributed by atoms with Gasteiger partial charge in [0.05, 0.1) is 17.3 Å². The standard InChI is InChI=1S/C34H41N5O13/c1-7-8-39(32(47)50-13-20-14(2)51-33(48)52-20)12-21(40)36-18-11-19(37(3)4)16-9-15-10-17-25(38(5)6)28(43)24(31(35)46)30(45)34(17,49)29(44)22(15)27(42)23(16)26(18)41/h11,15,17,25,41,43-44,49H,7-10,12-13H2,1-6H3,(H2,35,46)(H,36,40)/t15?,17?,25-,34+/m0/s1. The van der Waals surface area contributed by atoms with Gasteiger partial charge in [-0.3, -0.25) is 29.0 Å². The molecule has 0 bridgehead atoms. The number of aryl methyl sites for hydroxylation is 1. The van der Waals surface area contributed by atoms with Crippen molar-refractivity contribution in [1.29, 1.82) is 0 Å². The van der Waals surface area contributed by atoms with Crippen LogP contribution in [0.5, 0.6) is 5.75 Å². The van der Waals surface area contributed by atoms with E-state index in [0.717, 1.165) is 4.90 Å². The molecule has 5 rings (SSSR count). The molecule has 0 saturated heterocycles. The molecule has 18 heteroatoms. The number of hydrogen-bond acceptors (Lipinski definition) is 15. The average molecular weight is 728 g/mol. The Kier molecular flexibility index (Phi) is 10.0. The lowest BCUT2D eigenvalue weighted by atomic mass is 9.58. The number of hydrogen-bond donors (Lipinski definition) is 6. The van der Waals surface area contributed by atoms with Crippen molar-refractivity contribution < 1.29 is 58.0 Å². The molecule has 0 fully saturated rings. The number of aliphatic hydroxyl groups is 3. The zero-order chi connectivity index (χ0) is 38.6. The van der Waals surface area contributed by atoms with E-state index in [9.17, 15) is 49.2 Å². The molecule has 7 N–H and O–H groups in total. The monoisotopic (exact) mass is 727 g/mol. The van der Waals surface area contributed by atoms with Crippen molar-refractivity contribution >= 4 is 40.8 Å². The Bertz CT molecular complexity index is 1990.